The summed E-state index contributed by atoms with van der Waals surface area (Å²) in [5, 5.41) is 13.3. The van der Waals surface area contributed by atoms with E-state index in [-0.39, 0.29) is 6.54 Å². The van der Waals surface area contributed by atoms with Gasteiger partial charge in [0.1, 0.15) is 24.2 Å². The first-order valence-corrected chi connectivity index (χ1v) is 17.8. The molecule has 1 aromatic heterocycles. The molecule has 3 fully saturated rings. The Bertz CT molecular complexity index is 1890. The maximum absolute atomic E-state index is 15.3. The molecule has 3 saturated heterocycles. The van der Waals surface area contributed by atoms with Gasteiger partial charge in [-0.3, -0.25) is 9.80 Å². The molecule has 1 N–H and O–H groups in total. The third-order valence-electron chi connectivity index (χ3n) is 9.63. The first-order valence-electron chi connectivity index (χ1n) is 17.8. The van der Waals surface area contributed by atoms with E-state index < -0.39 is 23.9 Å². The van der Waals surface area contributed by atoms with Crippen LogP contribution in [-0.4, -0.2) is 107 Å². The Morgan fingerprint density at radius 2 is 1.71 bits per heavy atom. The van der Waals surface area contributed by atoms with Crippen molar-refractivity contribution in [1.29, 1.82) is 5.26 Å². The molecule has 0 aliphatic carbocycles. The maximum atomic E-state index is 15.3. The molecular formula is C39H44FN9O3. The van der Waals surface area contributed by atoms with Crippen molar-refractivity contribution in [2.24, 2.45) is 0 Å². The number of hydrogen-bond donors (Lipinski definition) is 1. The number of piperidine rings is 1. The van der Waals surface area contributed by atoms with Crippen LogP contribution in [0.3, 0.4) is 0 Å². The van der Waals surface area contributed by atoms with Gasteiger partial charge in [-0.2, -0.15) is 10.2 Å². The molecule has 1 amide bonds. The van der Waals surface area contributed by atoms with Crippen molar-refractivity contribution in [3.8, 4) is 17.5 Å². The van der Waals surface area contributed by atoms with E-state index in [0.29, 0.717) is 47.6 Å². The molecule has 3 aliphatic heterocycles. The van der Waals surface area contributed by atoms with Crippen LogP contribution in [0.1, 0.15) is 32.8 Å². The molecule has 7 rings (SSSR count). The Labute approximate surface area is 303 Å². The summed E-state index contributed by atoms with van der Waals surface area (Å²) in [4.78, 5) is 34.7. The summed E-state index contributed by atoms with van der Waals surface area (Å²) in [6.45, 7) is 11.3. The molecular weight excluding hydrogens is 661 g/mol. The fourth-order valence-electron chi connectivity index (χ4n) is 6.74. The normalized spacial score (nSPS) is 19.8. The molecule has 13 heteroatoms. The molecule has 2 atom stereocenters. The smallest absolute Gasteiger partial charge is 0.410 e. The zero-order chi connectivity index (χ0) is 36.2. The van der Waals surface area contributed by atoms with Crippen molar-refractivity contribution in [2.45, 2.75) is 51.0 Å². The molecule has 12 nitrogen and oxygen atoms in total. The number of nitrogens with one attached hydrogen (secondary N) is 1. The summed E-state index contributed by atoms with van der Waals surface area (Å²) in [6.07, 6.45) is -0.0274. The highest BCUT2D eigenvalue weighted by molar-refractivity contribution is 5.75. The Hall–Kier alpha value is -5.32. The summed E-state index contributed by atoms with van der Waals surface area (Å²) >= 11 is 0. The molecule has 4 aromatic rings. The van der Waals surface area contributed by atoms with Crippen LogP contribution in [0.2, 0.25) is 0 Å². The monoisotopic (exact) mass is 705 g/mol. The molecule has 270 valence electrons. The van der Waals surface area contributed by atoms with Crippen molar-refractivity contribution >= 4 is 34.8 Å². The van der Waals surface area contributed by atoms with Gasteiger partial charge in [0.05, 0.1) is 43.1 Å². The number of alkyl halides is 1. The lowest BCUT2D eigenvalue weighted by Crippen LogP contribution is -2.56. The summed E-state index contributed by atoms with van der Waals surface area (Å²) in [7, 11) is 0. The number of rotatable bonds is 8. The van der Waals surface area contributed by atoms with Crippen LogP contribution >= 0.6 is 0 Å². The van der Waals surface area contributed by atoms with E-state index in [9.17, 15) is 10.1 Å². The molecule has 0 unspecified atom stereocenters. The zero-order valence-corrected chi connectivity index (χ0v) is 29.8. The molecule has 0 bridgehead atoms. The van der Waals surface area contributed by atoms with E-state index in [1.54, 1.807) is 32.9 Å². The standard InChI is InChI=1S/C39H44FN9O3/c1-39(2,3)52-38(50)48-16-15-35(33(40)23-48)44-34-14-9-27(21-28(34)22-41)36-42-26-43-37(45-36)49(30-7-5-4-6-8-30)31-12-10-29(11-13-31)46-17-19-47(20-18-46)32-24-51-25-32/h4-14,21,26,32-33,35,44H,15-20,23-25H2,1-3H3/t33-,35-/m0/s1. The zero-order valence-electron chi connectivity index (χ0n) is 29.8. The quantitative estimate of drug-likeness (QED) is 0.227. The van der Waals surface area contributed by atoms with Crippen molar-refractivity contribution in [2.75, 3.05) is 67.6 Å². The Kier molecular flexibility index (Phi) is 10.2. The number of carbonyl (C=O) groups excluding carboxylic acids is 1. The van der Waals surface area contributed by atoms with Crippen LogP contribution < -0.4 is 15.1 Å². The van der Waals surface area contributed by atoms with Crippen molar-refractivity contribution in [1.82, 2.24) is 24.8 Å². The van der Waals surface area contributed by atoms with E-state index in [1.165, 1.54) is 16.9 Å². The minimum atomic E-state index is -1.34. The summed E-state index contributed by atoms with van der Waals surface area (Å²) in [6, 6.07) is 25.9. The average molecular weight is 706 g/mol. The van der Waals surface area contributed by atoms with Gasteiger partial charge in [-0.25, -0.2) is 19.2 Å². The second-order valence-electron chi connectivity index (χ2n) is 14.4. The van der Waals surface area contributed by atoms with Gasteiger partial charge in [0, 0.05) is 55.3 Å². The Morgan fingerprint density at radius 3 is 2.37 bits per heavy atom. The van der Waals surface area contributed by atoms with E-state index >= 15 is 4.39 Å². The Balaban J connectivity index is 1.07. The number of aromatic nitrogens is 3. The second kappa shape index (κ2) is 15.1. The summed E-state index contributed by atoms with van der Waals surface area (Å²) < 4.78 is 26.1. The molecule has 52 heavy (non-hydrogen) atoms. The number of amides is 1. The van der Waals surface area contributed by atoms with Gasteiger partial charge in [0.2, 0.25) is 5.95 Å². The largest absolute Gasteiger partial charge is 0.444 e. The van der Waals surface area contributed by atoms with Crippen molar-refractivity contribution in [3.63, 3.8) is 0 Å². The highest BCUT2D eigenvalue weighted by atomic mass is 19.1. The van der Waals surface area contributed by atoms with Gasteiger partial charge < -0.3 is 24.6 Å². The molecule has 3 aliphatic rings. The van der Waals surface area contributed by atoms with Crippen LogP contribution in [0.4, 0.5) is 37.9 Å². The lowest BCUT2D eigenvalue weighted by Gasteiger charge is -2.43. The minimum Gasteiger partial charge on any atom is -0.444 e. The third-order valence-corrected chi connectivity index (χ3v) is 9.63. The van der Waals surface area contributed by atoms with E-state index in [1.807, 2.05) is 41.3 Å². The van der Waals surface area contributed by atoms with Gasteiger partial charge >= 0.3 is 6.09 Å². The Morgan fingerprint density at radius 1 is 0.981 bits per heavy atom. The number of nitriles is 1. The van der Waals surface area contributed by atoms with Gasteiger partial charge in [-0.1, -0.05) is 18.2 Å². The van der Waals surface area contributed by atoms with Crippen molar-refractivity contribution < 1.29 is 18.7 Å². The average Bonchev–Trinajstić information content (AvgIpc) is 3.12. The summed E-state index contributed by atoms with van der Waals surface area (Å²) in [5.41, 5.74) is 3.75. The van der Waals surface area contributed by atoms with Crippen LogP contribution in [0.25, 0.3) is 11.4 Å². The van der Waals surface area contributed by atoms with E-state index in [0.717, 1.165) is 50.8 Å². The molecule has 4 heterocycles. The number of benzene rings is 3. The SMILES string of the molecule is CC(C)(C)OC(=O)N1CC[C@H](Nc2ccc(-c3ncnc(N(c4ccccc4)c4ccc(N5CCN(C6COC6)CC5)cc4)n3)cc2C#N)[C@@H](F)C1. The maximum Gasteiger partial charge on any atom is 0.410 e. The van der Waals surface area contributed by atoms with Crippen LogP contribution in [-0.2, 0) is 9.47 Å². The van der Waals surface area contributed by atoms with Crippen LogP contribution in [0, 0.1) is 11.3 Å². The predicted molar refractivity (Wildman–Crippen MR) is 198 cm³/mol. The number of piperazine rings is 1. The number of carbonyl (C=O) groups is 1. The lowest BCUT2D eigenvalue weighted by molar-refractivity contribution is -0.0660. The van der Waals surface area contributed by atoms with Gasteiger partial charge in [-0.05, 0) is 81.8 Å². The number of ether oxygens (including phenoxy) is 2. The first-order chi connectivity index (χ1) is 25.1. The van der Waals surface area contributed by atoms with Gasteiger partial charge in [-0.15, -0.1) is 0 Å². The van der Waals surface area contributed by atoms with Gasteiger partial charge in [0.15, 0.2) is 5.82 Å². The van der Waals surface area contributed by atoms with E-state index in [2.05, 4.69) is 55.4 Å². The minimum absolute atomic E-state index is 0.0889. The third kappa shape index (κ3) is 7.93. The summed E-state index contributed by atoms with van der Waals surface area (Å²) in [5.74, 6) is 0.826. The topological polar surface area (TPSA) is 123 Å². The molecule has 0 spiro atoms. The highest BCUT2D eigenvalue weighted by Gasteiger charge is 2.34. The lowest BCUT2D eigenvalue weighted by atomic mass is 10.0. The fourth-order valence-corrected chi connectivity index (χ4v) is 6.74. The van der Waals surface area contributed by atoms with Crippen LogP contribution in [0.5, 0.6) is 0 Å². The molecule has 0 saturated carbocycles. The first kappa shape index (κ1) is 35.1. The number of nitrogens with zero attached hydrogens (tertiary/aromatic N) is 8. The number of hydrogen-bond acceptors (Lipinski definition) is 11. The predicted octanol–water partition coefficient (Wildman–Crippen LogP) is 6.16. The van der Waals surface area contributed by atoms with Crippen LogP contribution in [0.15, 0.2) is 79.1 Å². The second-order valence-corrected chi connectivity index (χ2v) is 14.4. The molecule has 0 radical (unpaired) electrons. The van der Waals surface area contributed by atoms with Gasteiger partial charge in [0.25, 0.3) is 0 Å². The molecule has 3 aromatic carbocycles. The fraction of sp³-hybridized carbons (Fsp3) is 0.410. The number of likely N-dealkylation sites (tertiary alicyclic amines) is 1. The highest BCUT2D eigenvalue weighted by Crippen LogP contribution is 2.34. The number of para-hydroxylation sites is 1. The van der Waals surface area contributed by atoms with E-state index in [4.69, 9.17) is 14.5 Å². The number of anilines is 5. The van der Waals surface area contributed by atoms with Crippen molar-refractivity contribution in [3.05, 3.63) is 84.7 Å². The number of halogens is 1.